The first-order valence-corrected chi connectivity index (χ1v) is 11.7. The third-order valence-electron chi connectivity index (χ3n) is 5.04. The van der Waals surface area contributed by atoms with Gasteiger partial charge in [0.05, 0.1) is 12.4 Å². The van der Waals surface area contributed by atoms with Gasteiger partial charge in [0, 0.05) is 12.6 Å². The number of sulfonamides is 1. The molecule has 1 heterocycles. The molecule has 2 aromatic rings. The third-order valence-corrected chi connectivity index (χ3v) is 6.58. The van der Waals surface area contributed by atoms with Gasteiger partial charge in [0.2, 0.25) is 10.0 Å². The van der Waals surface area contributed by atoms with E-state index in [0.717, 1.165) is 17.4 Å². The molecule has 1 aromatic heterocycles. The Morgan fingerprint density at radius 1 is 1.20 bits per heavy atom. The molecular weight excluding hydrogens is 415 g/mol. The molecule has 3 N–H and O–H groups in total. The number of ether oxygens (including phenoxy) is 1. The topological polar surface area (TPSA) is 126 Å². The second-order valence-electron chi connectivity index (χ2n) is 7.68. The summed E-state index contributed by atoms with van der Waals surface area (Å²) in [7, 11) is -3.55. The molecule has 1 aliphatic carbocycles. The maximum atomic E-state index is 13.9. The highest BCUT2D eigenvalue weighted by Gasteiger charge is 2.23. The summed E-state index contributed by atoms with van der Waals surface area (Å²) in [5.41, 5.74) is -0.400. The van der Waals surface area contributed by atoms with Gasteiger partial charge in [-0.3, -0.25) is 0 Å². The van der Waals surface area contributed by atoms with E-state index >= 15 is 0 Å². The van der Waals surface area contributed by atoms with Gasteiger partial charge in [-0.15, -0.1) is 0 Å². The Bertz CT molecular complexity index is 1040. The molecule has 30 heavy (non-hydrogen) atoms. The predicted octanol–water partition coefficient (Wildman–Crippen LogP) is 1.64. The number of aromatic amines is 2. The maximum Gasteiger partial charge on any atom is 0.344 e. The van der Waals surface area contributed by atoms with Crippen molar-refractivity contribution in [2.75, 3.05) is 12.4 Å². The zero-order valence-electron chi connectivity index (χ0n) is 16.8. The van der Waals surface area contributed by atoms with Crippen LogP contribution in [0.25, 0.3) is 0 Å². The maximum absolute atomic E-state index is 13.9. The standard InChI is InChI=1S/C19H27FN4O5S/c1-13(15-7-8-16(20)17(11-15)29-12-14-5-6-14)23-30(27,28)10-4-2-3-9-24-18(25)21-22-19(24)26/h7-8,11,13-14,23H,2-6,9-10,12H2,1H3,(H,21,25)(H,22,26)/t13-/m1/s1. The van der Waals surface area contributed by atoms with Crippen LogP contribution in [-0.4, -0.2) is 35.5 Å². The number of aromatic nitrogens is 3. The number of nitrogens with one attached hydrogen (secondary N) is 3. The average Bonchev–Trinajstić information content (AvgIpc) is 3.46. The van der Waals surface area contributed by atoms with E-state index in [4.69, 9.17) is 4.74 Å². The molecular formula is C19H27FN4O5S. The number of H-pyrrole nitrogens is 2. The van der Waals surface area contributed by atoms with Crippen molar-refractivity contribution in [3.05, 3.63) is 50.5 Å². The number of hydrogen-bond donors (Lipinski definition) is 3. The van der Waals surface area contributed by atoms with Gasteiger partial charge in [0.15, 0.2) is 11.6 Å². The average molecular weight is 443 g/mol. The molecule has 0 spiro atoms. The van der Waals surface area contributed by atoms with Gasteiger partial charge >= 0.3 is 11.4 Å². The molecule has 0 bridgehead atoms. The lowest BCUT2D eigenvalue weighted by atomic mass is 10.1. The Morgan fingerprint density at radius 3 is 2.57 bits per heavy atom. The molecule has 3 rings (SSSR count). The summed E-state index contributed by atoms with van der Waals surface area (Å²) in [5, 5.41) is 4.39. The van der Waals surface area contributed by atoms with Gasteiger partial charge in [-0.25, -0.2) is 41.9 Å². The first-order chi connectivity index (χ1) is 14.2. The van der Waals surface area contributed by atoms with Crippen molar-refractivity contribution in [3.63, 3.8) is 0 Å². The Kier molecular flexibility index (Phi) is 7.14. The lowest BCUT2D eigenvalue weighted by molar-refractivity contribution is 0.285. The van der Waals surface area contributed by atoms with Crippen LogP contribution in [0.3, 0.4) is 0 Å². The summed E-state index contributed by atoms with van der Waals surface area (Å²) in [5.74, 6) is 0.0792. The smallest absolute Gasteiger partial charge is 0.344 e. The zero-order valence-corrected chi connectivity index (χ0v) is 17.6. The summed E-state index contributed by atoms with van der Waals surface area (Å²) in [4.78, 5) is 22.8. The fourth-order valence-electron chi connectivity index (χ4n) is 3.06. The van der Waals surface area contributed by atoms with Crippen LogP contribution in [-0.2, 0) is 16.6 Å². The van der Waals surface area contributed by atoms with Gasteiger partial charge in [-0.05, 0) is 56.2 Å². The highest BCUT2D eigenvalue weighted by molar-refractivity contribution is 7.89. The fraction of sp³-hybridized carbons (Fsp3) is 0.579. The molecule has 0 radical (unpaired) electrons. The van der Waals surface area contributed by atoms with E-state index in [9.17, 15) is 22.4 Å². The Labute approximate surface area is 173 Å². The monoisotopic (exact) mass is 442 g/mol. The molecule has 9 nitrogen and oxygen atoms in total. The van der Waals surface area contributed by atoms with Gasteiger partial charge < -0.3 is 4.74 Å². The summed E-state index contributed by atoms with van der Waals surface area (Å²) >= 11 is 0. The van der Waals surface area contributed by atoms with E-state index in [1.165, 1.54) is 12.1 Å². The van der Waals surface area contributed by atoms with Crippen molar-refractivity contribution < 1.29 is 17.5 Å². The molecule has 1 aromatic carbocycles. The molecule has 0 aliphatic heterocycles. The van der Waals surface area contributed by atoms with Crippen LogP contribution in [0.1, 0.15) is 50.6 Å². The van der Waals surface area contributed by atoms with Gasteiger partial charge in [0.25, 0.3) is 0 Å². The second kappa shape index (κ2) is 9.61. The van der Waals surface area contributed by atoms with Crippen LogP contribution in [0.4, 0.5) is 4.39 Å². The summed E-state index contributed by atoms with van der Waals surface area (Å²) < 4.78 is 47.8. The molecule has 166 valence electrons. The van der Waals surface area contributed by atoms with E-state index < -0.39 is 33.3 Å². The summed E-state index contributed by atoms with van der Waals surface area (Å²) in [6, 6.07) is 3.83. The normalized spacial score (nSPS) is 15.3. The van der Waals surface area contributed by atoms with Crippen LogP contribution in [0.2, 0.25) is 0 Å². The molecule has 1 atom stereocenters. The number of benzene rings is 1. The van der Waals surface area contributed by atoms with Gasteiger partial charge in [0.1, 0.15) is 0 Å². The second-order valence-corrected chi connectivity index (χ2v) is 9.55. The Balaban J connectivity index is 1.46. The van der Waals surface area contributed by atoms with Crippen LogP contribution < -0.4 is 20.8 Å². The van der Waals surface area contributed by atoms with E-state index in [1.807, 2.05) is 0 Å². The number of halogens is 1. The van der Waals surface area contributed by atoms with E-state index in [1.54, 1.807) is 13.0 Å². The Hall–Kier alpha value is -2.40. The Morgan fingerprint density at radius 2 is 1.90 bits per heavy atom. The van der Waals surface area contributed by atoms with Crippen LogP contribution in [0, 0.1) is 11.7 Å². The third kappa shape index (κ3) is 6.30. The fourth-order valence-corrected chi connectivity index (χ4v) is 4.44. The lowest BCUT2D eigenvalue weighted by Gasteiger charge is -2.16. The van der Waals surface area contributed by atoms with Crippen molar-refractivity contribution in [1.82, 2.24) is 19.5 Å². The minimum Gasteiger partial charge on any atom is -0.490 e. The van der Waals surface area contributed by atoms with Gasteiger partial charge in [-0.1, -0.05) is 12.5 Å². The highest BCUT2D eigenvalue weighted by Crippen LogP contribution is 2.31. The molecule has 11 heteroatoms. The minimum absolute atomic E-state index is 0.0814. The quantitative estimate of drug-likeness (QED) is 0.431. The van der Waals surface area contributed by atoms with E-state index in [2.05, 4.69) is 14.9 Å². The largest absolute Gasteiger partial charge is 0.490 e. The van der Waals surface area contributed by atoms with Crippen LogP contribution in [0.5, 0.6) is 5.75 Å². The van der Waals surface area contributed by atoms with Gasteiger partial charge in [-0.2, -0.15) is 0 Å². The predicted molar refractivity (Wildman–Crippen MR) is 109 cm³/mol. The zero-order chi connectivity index (χ0) is 21.7. The minimum atomic E-state index is -3.55. The highest BCUT2D eigenvalue weighted by atomic mass is 32.2. The lowest BCUT2D eigenvalue weighted by Crippen LogP contribution is -2.29. The van der Waals surface area contributed by atoms with Crippen molar-refractivity contribution in [3.8, 4) is 5.75 Å². The first-order valence-electron chi connectivity index (χ1n) is 10.0. The number of hydrogen-bond acceptors (Lipinski definition) is 5. The summed E-state index contributed by atoms with van der Waals surface area (Å²) in [6.45, 7) is 2.39. The number of rotatable bonds is 12. The molecule has 0 unspecified atom stereocenters. The van der Waals surface area contributed by atoms with Crippen LogP contribution in [0.15, 0.2) is 27.8 Å². The van der Waals surface area contributed by atoms with E-state index in [-0.39, 0.29) is 18.0 Å². The number of unbranched alkanes of at least 4 members (excludes halogenated alkanes) is 2. The number of nitrogens with zero attached hydrogens (tertiary/aromatic N) is 1. The van der Waals surface area contributed by atoms with Crippen molar-refractivity contribution >= 4 is 10.0 Å². The SMILES string of the molecule is C[C@@H](NS(=O)(=O)CCCCCn1c(=O)[nH][nH]c1=O)c1ccc(F)c(OCC2CC2)c1. The van der Waals surface area contributed by atoms with Crippen molar-refractivity contribution in [1.29, 1.82) is 0 Å². The van der Waals surface area contributed by atoms with E-state index in [0.29, 0.717) is 37.4 Å². The molecule has 1 fully saturated rings. The van der Waals surface area contributed by atoms with Crippen molar-refractivity contribution in [2.24, 2.45) is 5.92 Å². The summed E-state index contributed by atoms with van der Waals surface area (Å²) in [6.07, 6.45) is 3.62. The molecule has 1 aliphatic rings. The molecule has 1 saturated carbocycles. The molecule has 0 saturated heterocycles. The molecule has 0 amide bonds. The van der Waals surface area contributed by atoms with Crippen molar-refractivity contribution in [2.45, 2.75) is 51.6 Å². The first kappa shape index (κ1) is 22.3. The van der Waals surface area contributed by atoms with Crippen LogP contribution >= 0.6 is 0 Å².